The van der Waals surface area contributed by atoms with E-state index in [9.17, 15) is 4.79 Å². The van der Waals surface area contributed by atoms with Crippen LogP contribution >= 0.6 is 24.2 Å². The largest absolute Gasteiger partial charge is 0.354 e. The Morgan fingerprint density at radius 2 is 2.00 bits per heavy atom. The number of hydrogen-bond acceptors (Lipinski definition) is 3. The number of hydrogen-bond donors (Lipinski definition) is 2. The molecule has 5 heteroatoms. The van der Waals surface area contributed by atoms with Gasteiger partial charge in [0.25, 0.3) is 0 Å². The van der Waals surface area contributed by atoms with Crippen LogP contribution in [-0.2, 0) is 4.79 Å². The third kappa shape index (κ3) is 5.97. The lowest BCUT2D eigenvalue weighted by Gasteiger charge is -2.38. The van der Waals surface area contributed by atoms with Gasteiger partial charge in [-0.2, -0.15) is 0 Å². The summed E-state index contributed by atoms with van der Waals surface area (Å²) in [5.41, 5.74) is 5.90. The summed E-state index contributed by atoms with van der Waals surface area (Å²) < 4.78 is 0.147. The van der Waals surface area contributed by atoms with E-state index < -0.39 is 0 Å². The molecule has 3 nitrogen and oxygen atoms in total. The van der Waals surface area contributed by atoms with Gasteiger partial charge in [0.1, 0.15) is 0 Å². The van der Waals surface area contributed by atoms with E-state index in [2.05, 4.69) is 26.1 Å². The molecule has 0 bridgehead atoms. The number of amides is 1. The van der Waals surface area contributed by atoms with Gasteiger partial charge in [-0.05, 0) is 19.3 Å². The standard InChI is InChI=1S/C11H22N2OS.ClH/c1-10(2,3)15-7-9(14)13-8-11(12)5-4-6-11;/h4-8,12H2,1-3H3,(H,13,14);1H. The smallest absolute Gasteiger partial charge is 0.230 e. The van der Waals surface area contributed by atoms with Crippen molar-refractivity contribution in [3.63, 3.8) is 0 Å². The summed E-state index contributed by atoms with van der Waals surface area (Å²) in [4.78, 5) is 11.5. The van der Waals surface area contributed by atoms with Gasteiger partial charge in [0.15, 0.2) is 0 Å². The first-order valence-electron chi connectivity index (χ1n) is 5.50. The zero-order valence-corrected chi connectivity index (χ0v) is 12.0. The van der Waals surface area contributed by atoms with Crippen molar-refractivity contribution in [2.45, 2.75) is 50.3 Å². The molecule has 0 atom stereocenters. The summed E-state index contributed by atoms with van der Waals surface area (Å²) in [7, 11) is 0. The molecule has 1 saturated carbocycles. The molecule has 1 fully saturated rings. The molecule has 1 rings (SSSR count). The van der Waals surface area contributed by atoms with E-state index in [-0.39, 0.29) is 28.6 Å². The van der Waals surface area contributed by atoms with Gasteiger partial charge in [-0.3, -0.25) is 4.79 Å². The van der Waals surface area contributed by atoms with E-state index in [0.717, 1.165) is 12.8 Å². The third-order valence-corrected chi connectivity index (χ3v) is 3.90. The third-order valence-electron chi connectivity index (χ3n) is 2.62. The molecule has 0 radical (unpaired) electrons. The van der Waals surface area contributed by atoms with Gasteiger partial charge >= 0.3 is 0 Å². The Morgan fingerprint density at radius 3 is 2.38 bits per heavy atom. The summed E-state index contributed by atoms with van der Waals surface area (Å²) in [6, 6.07) is 0. The summed E-state index contributed by atoms with van der Waals surface area (Å²) in [6.45, 7) is 6.97. The van der Waals surface area contributed by atoms with Gasteiger partial charge < -0.3 is 11.1 Å². The lowest BCUT2D eigenvalue weighted by Crippen LogP contribution is -2.55. The molecular formula is C11H23ClN2OS. The van der Waals surface area contributed by atoms with Crippen LogP contribution < -0.4 is 11.1 Å². The molecule has 0 saturated heterocycles. The van der Waals surface area contributed by atoms with E-state index >= 15 is 0 Å². The van der Waals surface area contributed by atoms with E-state index in [0.29, 0.717) is 12.3 Å². The molecule has 0 spiro atoms. The monoisotopic (exact) mass is 266 g/mol. The van der Waals surface area contributed by atoms with Crippen molar-refractivity contribution in [1.29, 1.82) is 0 Å². The number of thioether (sulfide) groups is 1. The van der Waals surface area contributed by atoms with Gasteiger partial charge in [0.2, 0.25) is 5.91 Å². The van der Waals surface area contributed by atoms with Gasteiger partial charge in [-0.1, -0.05) is 20.8 Å². The average Bonchev–Trinajstić information content (AvgIpc) is 2.07. The number of nitrogens with one attached hydrogen (secondary N) is 1. The van der Waals surface area contributed by atoms with Gasteiger partial charge in [0.05, 0.1) is 5.75 Å². The van der Waals surface area contributed by atoms with Crippen LogP contribution in [0.3, 0.4) is 0 Å². The van der Waals surface area contributed by atoms with Gasteiger partial charge in [0, 0.05) is 16.8 Å². The van der Waals surface area contributed by atoms with Crippen LogP contribution in [-0.4, -0.2) is 28.5 Å². The second kappa shape index (κ2) is 6.12. The summed E-state index contributed by atoms with van der Waals surface area (Å²) in [5.74, 6) is 0.631. The zero-order valence-electron chi connectivity index (χ0n) is 10.3. The minimum atomic E-state index is -0.109. The van der Waals surface area contributed by atoms with E-state index in [4.69, 9.17) is 5.73 Å². The fourth-order valence-electron chi connectivity index (χ4n) is 1.42. The highest BCUT2D eigenvalue weighted by Gasteiger charge is 2.32. The van der Waals surface area contributed by atoms with Crippen molar-refractivity contribution in [1.82, 2.24) is 5.32 Å². The van der Waals surface area contributed by atoms with Gasteiger partial charge in [-0.25, -0.2) is 0 Å². The number of rotatable bonds is 4. The lowest BCUT2D eigenvalue weighted by molar-refractivity contribution is -0.119. The molecule has 0 aliphatic heterocycles. The van der Waals surface area contributed by atoms with Crippen LogP contribution in [0.1, 0.15) is 40.0 Å². The van der Waals surface area contributed by atoms with E-state index in [1.807, 2.05) is 0 Å². The molecule has 0 aromatic carbocycles. The highest BCUT2D eigenvalue weighted by atomic mass is 35.5. The van der Waals surface area contributed by atoms with Crippen molar-refractivity contribution >= 4 is 30.1 Å². The quantitative estimate of drug-likeness (QED) is 0.818. The normalized spacial score (nSPS) is 18.2. The van der Waals surface area contributed by atoms with E-state index in [1.165, 1.54) is 6.42 Å². The van der Waals surface area contributed by atoms with Crippen LogP contribution in [0.15, 0.2) is 0 Å². The topological polar surface area (TPSA) is 55.1 Å². The summed E-state index contributed by atoms with van der Waals surface area (Å²) in [5, 5.41) is 2.91. The Labute approximate surface area is 109 Å². The number of carbonyl (C=O) groups excluding carboxylic acids is 1. The minimum Gasteiger partial charge on any atom is -0.354 e. The maximum absolute atomic E-state index is 11.5. The Balaban J connectivity index is 0.00000225. The highest BCUT2D eigenvalue weighted by molar-refractivity contribution is 8.01. The molecule has 0 heterocycles. The molecule has 0 aromatic heterocycles. The Bertz CT molecular complexity index is 237. The molecule has 1 aliphatic carbocycles. The first-order chi connectivity index (χ1) is 6.81. The number of nitrogens with two attached hydrogens (primary N) is 1. The van der Waals surface area contributed by atoms with Crippen molar-refractivity contribution in [3.8, 4) is 0 Å². The van der Waals surface area contributed by atoms with Crippen molar-refractivity contribution in [2.24, 2.45) is 5.73 Å². The molecule has 1 aliphatic rings. The number of carbonyl (C=O) groups is 1. The van der Waals surface area contributed by atoms with Crippen molar-refractivity contribution in [3.05, 3.63) is 0 Å². The summed E-state index contributed by atoms with van der Waals surface area (Å²) in [6.07, 6.45) is 3.28. The predicted octanol–water partition coefficient (Wildman–Crippen LogP) is 1.94. The number of halogens is 1. The molecule has 3 N–H and O–H groups in total. The fraction of sp³-hybridized carbons (Fsp3) is 0.909. The SMILES string of the molecule is CC(C)(C)SCC(=O)NCC1(N)CCC1.Cl. The molecule has 0 unspecified atom stereocenters. The molecule has 1 amide bonds. The van der Waals surface area contributed by atoms with Crippen LogP contribution in [0.2, 0.25) is 0 Å². The molecule has 0 aromatic rings. The minimum absolute atomic E-state index is 0. The Kier molecular flexibility index (Phi) is 6.15. The first kappa shape index (κ1) is 16.1. The summed E-state index contributed by atoms with van der Waals surface area (Å²) >= 11 is 1.67. The fourth-order valence-corrected chi connectivity index (χ4v) is 2.08. The van der Waals surface area contributed by atoms with E-state index in [1.54, 1.807) is 11.8 Å². The lowest BCUT2D eigenvalue weighted by atomic mass is 9.78. The first-order valence-corrected chi connectivity index (χ1v) is 6.49. The molecule has 96 valence electrons. The molecule has 16 heavy (non-hydrogen) atoms. The zero-order chi connectivity index (χ0) is 11.5. The highest BCUT2D eigenvalue weighted by Crippen LogP contribution is 2.28. The van der Waals surface area contributed by atoms with Gasteiger partial charge in [-0.15, -0.1) is 24.2 Å². The maximum atomic E-state index is 11.5. The molecular weight excluding hydrogens is 244 g/mol. The van der Waals surface area contributed by atoms with Crippen LogP contribution in [0.5, 0.6) is 0 Å². The second-order valence-electron chi connectivity index (χ2n) is 5.39. The second-order valence-corrected chi connectivity index (χ2v) is 7.20. The predicted molar refractivity (Wildman–Crippen MR) is 73.2 cm³/mol. The van der Waals surface area contributed by atoms with Crippen molar-refractivity contribution in [2.75, 3.05) is 12.3 Å². The maximum Gasteiger partial charge on any atom is 0.230 e. The van der Waals surface area contributed by atoms with Crippen LogP contribution in [0.25, 0.3) is 0 Å². The Hall–Kier alpha value is 0.0700. The Morgan fingerprint density at radius 1 is 1.44 bits per heavy atom. The van der Waals surface area contributed by atoms with Crippen molar-refractivity contribution < 1.29 is 4.79 Å². The average molecular weight is 267 g/mol. The van der Waals surface area contributed by atoms with Crippen LogP contribution in [0, 0.1) is 0 Å². The van der Waals surface area contributed by atoms with Crippen LogP contribution in [0.4, 0.5) is 0 Å².